The summed E-state index contributed by atoms with van der Waals surface area (Å²) in [5.41, 5.74) is 6.14. The number of thiocarbonyl (C=S) groups is 1. The highest BCUT2D eigenvalue weighted by molar-refractivity contribution is 7.89. The topological polar surface area (TPSA) is 81.4 Å². The lowest BCUT2D eigenvalue weighted by molar-refractivity contribution is 0.116. The summed E-state index contributed by atoms with van der Waals surface area (Å²) in [7, 11) is -3.59. The van der Waals surface area contributed by atoms with Gasteiger partial charge in [0.2, 0.25) is 10.0 Å². The first kappa shape index (κ1) is 18.0. The first-order valence-corrected chi connectivity index (χ1v) is 8.67. The Kier molecular flexibility index (Phi) is 6.73. The van der Waals surface area contributed by atoms with E-state index in [9.17, 15) is 8.42 Å². The van der Waals surface area contributed by atoms with Crippen molar-refractivity contribution in [2.24, 2.45) is 11.7 Å². The summed E-state index contributed by atoms with van der Waals surface area (Å²) in [6.07, 6.45) is 0. The number of rotatable bonds is 8. The van der Waals surface area contributed by atoms with Crippen LogP contribution in [0.25, 0.3) is 0 Å². The molecule has 3 N–H and O–H groups in total. The average molecular weight is 330 g/mol. The Labute approximate surface area is 131 Å². The summed E-state index contributed by atoms with van der Waals surface area (Å²) in [5, 5.41) is 0. The van der Waals surface area contributed by atoms with E-state index in [1.807, 2.05) is 20.8 Å². The van der Waals surface area contributed by atoms with Crippen LogP contribution in [0.2, 0.25) is 0 Å². The van der Waals surface area contributed by atoms with E-state index in [4.69, 9.17) is 22.7 Å². The molecule has 1 atom stereocenters. The minimum absolute atomic E-state index is 0.127. The second-order valence-electron chi connectivity index (χ2n) is 5.02. The predicted octanol–water partition coefficient (Wildman–Crippen LogP) is 1.66. The van der Waals surface area contributed by atoms with E-state index in [0.29, 0.717) is 18.8 Å². The molecule has 0 amide bonds. The van der Waals surface area contributed by atoms with Crippen molar-refractivity contribution < 1.29 is 13.2 Å². The van der Waals surface area contributed by atoms with Gasteiger partial charge in [-0.3, -0.25) is 0 Å². The van der Waals surface area contributed by atoms with Crippen LogP contribution >= 0.6 is 12.2 Å². The molecular formula is C14H22N2O3S2. The Bertz CT molecular complexity index is 568. The Morgan fingerprint density at radius 1 is 1.33 bits per heavy atom. The summed E-state index contributed by atoms with van der Waals surface area (Å²) in [6.45, 7) is 6.66. The van der Waals surface area contributed by atoms with Crippen LogP contribution in [0.4, 0.5) is 0 Å². The number of nitrogens with two attached hydrogens (primary N) is 1. The van der Waals surface area contributed by atoms with Crippen molar-refractivity contribution in [2.45, 2.75) is 31.7 Å². The lowest BCUT2D eigenvalue weighted by Crippen LogP contribution is -2.41. The van der Waals surface area contributed by atoms with E-state index in [2.05, 4.69) is 4.72 Å². The standard InChI is InChI=1S/C14H22N2O3S2/c1-4-19-9-13(10(2)3)16-21(17,18)12-7-5-11(6-8-12)14(15)20/h5-8,10,13,16H,4,9H2,1-3H3,(H2,15,20). The van der Waals surface area contributed by atoms with Crippen molar-refractivity contribution in [3.05, 3.63) is 29.8 Å². The van der Waals surface area contributed by atoms with Gasteiger partial charge >= 0.3 is 0 Å². The molecule has 118 valence electrons. The van der Waals surface area contributed by atoms with Crippen LogP contribution < -0.4 is 10.5 Å². The summed E-state index contributed by atoms with van der Waals surface area (Å²) < 4.78 is 32.7. The van der Waals surface area contributed by atoms with Gasteiger partial charge in [-0.25, -0.2) is 13.1 Å². The molecule has 0 fully saturated rings. The summed E-state index contributed by atoms with van der Waals surface area (Å²) in [6, 6.07) is 5.92. The minimum atomic E-state index is -3.59. The maximum Gasteiger partial charge on any atom is 0.240 e. The molecule has 1 aromatic rings. The van der Waals surface area contributed by atoms with Gasteiger partial charge in [-0.1, -0.05) is 38.2 Å². The van der Waals surface area contributed by atoms with Gasteiger partial charge in [-0.15, -0.1) is 0 Å². The van der Waals surface area contributed by atoms with Crippen LogP contribution in [0.15, 0.2) is 29.2 Å². The van der Waals surface area contributed by atoms with Crippen molar-refractivity contribution >= 4 is 27.2 Å². The molecule has 0 radical (unpaired) electrons. The number of ether oxygens (including phenoxy) is 1. The Morgan fingerprint density at radius 3 is 2.33 bits per heavy atom. The van der Waals surface area contributed by atoms with E-state index in [1.165, 1.54) is 12.1 Å². The van der Waals surface area contributed by atoms with E-state index in [1.54, 1.807) is 12.1 Å². The molecule has 7 heteroatoms. The van der Waals surface area contributed by atoms with Gasteiger partial charge < -0.3 is 10.5 Å². The fourth-order valence-corrected chi connectivity index (χ4v) is 3.18. The Balaban J connectivity index is 2.90. The van der Waals surface area contributed by atoms with Crippen LogP contribution in [0.5, 0.6) is 0 Å². The lowest BCUT2D eigenvalue weighted by atomic mass is 10.1. The normalized spacial score (nSPS) is 13.3. The van der Waals surface area contributed by atoms with Crippen LogP contribution in [-0.2, 0) is 14.8 Å². The highest BCUT2D eigenvalue weighted by Crippen LogP contribution is 2.13. The molecule has 0 aliphatic carbocycles. The van der Waals surface area contributed by atoms with Crippen molar-refractivity contribution in [1.82, 2.24) is 4.72 Å². The van der Waals surface area contributed by atoms with Gasteiger partial charge in [-0.05, 0) is 25.0 Å². The molecule has 1 aromatic carbocycles. The number of hydrogen-bond acceptors (Lipinski definition) is 4. The van der Waals surface area contributed by atoms with Gasteiger partial charge in [0.1, 0.15) is 4.99 Å². The van der Waals surface area contributed by atoms with Crippen molar-refractivity contribution in [3.8, 4) is 0 Å². The van der Waals surface area contributed by atoms with Gasteiger partial charge in [0.25, 0.3) is 0 Å². The molecule has 0 saturated carbocycles. The quantitative estimate of drug-likeness (QED) is 0.709. The smallest absolute Gasteiger partial charge is 0.240 e. The van der Waals surface area contributed by atoms with Crippen molar-refractivity contribution in [3.63, 3.8) is 0 Å². The zero-order valence-electron chi connectivity index (χ0n) is 12.5. The molecule has 0 aliphatic heterocycles. The second kappa shape index (κ2) is 7.84. The number of sulfonamides is 1. The Morgan fingerprint density at radius 2 is 1.90 bits per heavy atom. The fourth-order valence-electron chi connectivity index (χ4n) is 1.67. The molecule has 0 bridgehead atoms. The van der Waals surface area contributed by atoms with E-state index in [-0.39, 0.29) is 21.8 Å². The van der Waals surface area contributed by atoms with Gasteiger partial charge in [0.05, 0.1) is 11.5 Å². The van der Waals surface area contributed by atoms with Gasteiger partial charge in [0, 0.05) is 18.2 Å². The van der Waals surface area contributed by atoms with E-state index < -0.39 is 10.0 Å². The summed E-state index contributed by atoms with van der Waals surface area (Å²) >= 11 is 4.85. The molecule has 0 heterocycles. The zero-order chi connectivity index (χ0) is 16.0. The largest absolute Gasteiger partial charge is 0.389 e. The third-order valence-corrected chi connectivity index (χ3v) is 4.80. The molecule has 0 aromatic heterocycles. The summed E-state index contributed by atoms with van der Waals surface area (Å²) in [4.78, 5) is 0.424. The molecule has 0 saturated heterocycles. The maximum absolute atomic E-state index is 12.4. The first-order valence-electron chi connectivity index (χ1n) is 6.78. The molecule has 0 aliphatic rings. The third kappa shape index (κ3) is 5.35. The van der Waals surface area contributed by atoms with Gasteiger partial charge in [0.15, 0.2) is 0 Å². The van der Waals surface area contributed by atoms with Crippen molar-refractivity contribution in [2.75, 3.05) is 13.2 Å². The number of nitrogens with one attached hydrogen (secondary N) is 1. The minimum Gasteiger partial charge on any atom is -0.389 e. The highest BCUT2D eigenvalue weighted by Gasteiger charge is 2.22. The maximum atomic E-state index is 12.4. The molecule has 1 unspecified atom stereocenters. The lowest BCUT2D eigenvalue weighted by Gasteiger charge is -2.22. The van der Waals surface area contributed by atoms with Crippen molar-refractivity contribution in [1.29, 1.82) is 0 Å². The fraction of sp³-hybridized carbons (Fsp3) is 0.500. The molecule has 21 heavy (non-hydrogen) atoms. The zero-order valence-corrected chi connectivity index (χ0v) is 14.1. The highest BCUT2D eigenvalue weighted by atomic mass is 32.2. The van der Waals surface area contributed by atoms with Crippen LogP contribution in [0.1, 0.15) is 26.3 Å². The molecule has 1 rings (SSSR count). The number of hydrogen-bond donors (Lipinski definition) is 2. The molecule has 0 spiro atoms. The number of benzene rings is 1. The van der Waals surface area contributed by atoms with Crippen LogP contribution in [0.3, 0.4) is 0 Å². The van der Waals surface area contributed by atoms with Crippen LogP contribution in [0, 0.1) is 5.92 Å². The predicted molar refractivity (Wildman–Crippen MR) is 87.8 cm³/mol. The monoisotopic (exact) mass is 330 g/mol. The second-order valence-corrected chi connectivity index (χ2v) is 7.17. The SMILES string of the molecule is CCOCC(NS(=O)(=O)c1ccc(C(N)=S)cc1)C(C)C. The van der Waals surface area contributed by atoms with Crippen LogP contribution in [-0.4, -0.2) is 32.7 Å². The molecule has 5 nitrogen and oxygen atoms in total. The van der Waals surface area contributed by atoms with E-state index >= 15 is 0 Å². The van der Waals surface area contributed by atoms with Gasteiger partial charge in [-0.2, -0.15) is 0 Å². The Hall–Kier alpha value is -1.02. The van der Waals surface area contributed by atoms with E-state index in [0.717, 1.165) is 0 Å². The third-order valence-electron chi connectivity index (χ3n) is 3.06. The molecular weight excluding hydrogens is 308 g/mol. The summed E-state index contributed by atoms with van der Waals surface area (Å²) in [5.74, 6) is 0.127. The average Bonchev–Trinajstić information content (AvgIpc) is 2.43. The first-order chi connectivity index (χ1) is 9.77.